The zero-order chi connectivity index (χ0) is 14.1. The summed E-state index contributed by atoms with van der Waals surface area (Å²) >= 11 is 5.84. The summed E-state index contributed by atoms with van der Waals surface area (Å²) in [5.41, 5.74) is -0.126. The van der Waals surface area contributed by atoms with E-state index < -0.39 is 14.1 Å². The smallest absolute Gasteiger partial charge is 0.250 e. The zero-order valence-corrected chi connectivity index (χ0v) is 13.1. The highest BCUT2D eigenvalue weighted by molar-refractivity contribution is 6.74. The standard InChI is InChI=1S/C13H18ClFO2Si/c1-13(2,3)18(4,5)17-9-6-11(14)10(8-16)12(15)7-9/h6-8H,1-5H3. The van der Waals surface area contributed by atoms with E-state index in [2.05, 4.69) is 33.9 Å². The summed E-state index contributed by atoms with van der Waals surface area (Å²) in [6.07, 6.45) is 0.410. The largest absolute Gasteiger partial charge is 0.543 e. The molecule has 0 saturated heterocycles. The fourth-order valence-corrected chi connectivity index (χ4v) is 2.44. The third-order valence-corrected chi connectivity index (χ3v) is 8.02. The number of aldehydes is 1. The van der Waals surface area contributed by atoms with Gasteiger partial charge in [-0.2, -0.15) is 0 Å². The van der Waals surface area contributed by atoms with Crippen LogP contribution in [0.4, 0.5) is 4.39 Å². The molecule has 18 heavy (non-hydrogen) atoms. The summed E-state index contributed by atoms with van der Waals surface area (Å²) in [7, 11) is -2.03. The normalized spacial score (nSPS) is 12.4. The van der Waals surface area contributed by atoms with Crippen molar-refractivity contribution in [2.24, 2.45) is 0 Å². The summed E-state index contributed by atoms with van der Waals surface area (Å²) in [5.74, 6) is -0.263. The van der Waals surface area contributed by atoms with Gasteiger partial charge in [0, 0.05) is 6.07 Å². The van der Waals surface area contributed by atoms with Gasteiger partial charge in [-0.25, -0.2) is 4.39 Å². The van der Waals surface area contributed by atoms with E-state index in [1.807, 2.05) is 0 Å². The van der Waals surface area contributed by atoms with Crippen LogP contribution in [0, 0.1) is 5.82 Å². The van der Waals surface area contributed by atoms with Crippen molar-refractivity contribution >= 4 is 26.2 Å². The van der Waals surface area contributed by atoms with E-state index in [4.69, 9.17) is 16.0 Å². The molecule has 2 nitrogen and oxygen atoms in total. The highest BCUT2D eigenvalue weighted by Gasteiger charge is 2.39. The first kappa shape index (κ1) is 15.2. The van der Waals surface area contributed by atoms with Crippen molar-refractivity contribution in [1.29, 1.82) is 0 Å². The van der Waals surface area contributed by atoms with Crippen LogP contribution in [0.1, 0.15) is 31.1 Å². The highest BCUT2D eigenvalue weighted by atomic mass is 35.5. The van der Waals surface area contributed by atoms with Crippen LogP contribution < -0.4 is 4.43 Å². The van der Waals surface area contributed by atoms with Gasteiger partial charge in [-0.15, -0.1) is 0 Å². The Hall–Kier alpha value is -0.873. The van der Waals surface area contributed by atoms with Crippen LogP contribution in [0.25, 0.3) is 0 Å². The Morgan fingerprint density at radius 2 is 1.89 bits per heavy atom. The fraction of sp³-hybridized carbons (Fsp3) is 0.462. The van der Waals surface area contributed by atoms with Crippen molar-refractivity contribution < 1.29 is 13.6 Å². The topological polar surface area (TPSA) is 26.3 Å². The highest BCUT2D eigenvalue weighted by Crippen LogP contribution is 2.38. The molecule has 0 saturated carbocycles. The van der Waals surface area contributed by atoms with Gasteiger partial charge in [0.15, 0.2) is 6.29 Å². The van der Waals surface area contributed by atoms with Crippen molar-refractivity contribution in [3.8, 4) is 5.75 Å². The molecule has 5 heteroatoms. The lowest BCUT2D eigenvalue weighted by molar-refractivity contribution is 0.112. The quantitative estimate of drug-likeness (QED) is 0.596. The molecule has 1 rings (SSSR count). The van der Waals surface area contributed by atoms with Crippen LogP contribution >= 0.6 is 11.6 Å². The van der Waals surface area contributed by atoms with Gasteiger partial charge in [0.25, 0.3) is 0 Å². The molecule has 100 valence electrons. The third-order valence-electron chi connectivity index (χ3n) is 3.35. The number of hydrogen-bond acceptors (Lipinski definition) is 2. The number of hydrogen-bond donors (Lipinski definition) is 0. The summed E-state index contributed by atoms with van der Waals surface area (Å²) in [6, 6.07) is 2.71. The molecule has 0 aliphatic heterocycles. The van der Waals surface area contributed by atoms with Gasteiger partial charge in [0.2, 0.25) is 8.32 Å². The molecule has 0 amide bonds. The molecule has 0 bridgehead atoms. The van der Waals surface area contributed by atoms with Crippen molar-refractivity contribution in [2.75, 3.05) is 0 Å². The van der Waals surface area contributed by atoms with E-state index in [1.165, 1.54) is 12.1 Å². The van der Waals surface area contributed by atoms with Crippen molar-refractivity contribution in [3.05, 3.63) is 28.5 Å². The molecule has 0 aliphatic rings. The molecule has 0 aliphatic carbocycles. The van der Waals surface area contributed by atoms with Gasteiger partial charge >= 0.3 is 0 Å². The molecular weight excluding hydrogens is 271 g/mol. The Kier molecular flexibility index (Phi) is 4.23. The molecule has 1 aromatic carbocycles. The minimum Gasteiger partial charge on any atom is -0.543 e. The minimum atomic E-state index is -2.03. The first-order valence-electron chi connectivity index (χ1n) is 5.72. The second-order valence-corrected chi connectivity index (χ2v) is 10.9. The Bertz CT molecular complexity index is 444. The SMILES string of the molecule is CC(C)(C)[Si](C)(C)Oc1cc(F)c(C=O)c(Cl)c1. The molecule has 0 aromatic heterocycles. The molecule has 0 N–H and O–H groups in total. The average Bonchev–Trinajstić information content (AvgIpc) is 2.14. The Labute approximate surface area is 113 Å². The van der Waals surface area contributed by atoms with Crippen LogP contribution in [0.3, 0.4) is 0 Å². The van der Waals surface area contributed by atoms with Crippen molar-refractivity contribution in [3.63, 3.8) is 0 Å². The fourth-order valence-electron chi connectivity index (χ4n) is 1.18. The predicted molar refractivity (Wildman–Crippen MR) is 74.6 cm³/mol. The second-order valence-electron chi connectivity index (χ2n) is 5.78. The van der Waals surface area contributed by atoms with Crippen molar-refractivity contribution in [1.82, 2.24) is 0 Å². The van der Waals surface area contributed by atoms with Gasteiger partial charge in [0.1, 0.15) is 11.6 Å². The first-order valence-corrected chi connectivity index (χ1v) is 9.00. The summed E-state index contributed by atoms with van der Waals surface area (Å²) in [4.78, 5) is 10.6. The van der Waals surface area contributed by atoms with Crippen LogP contribution in [-0.2, 0) is 0 Å². The molecule has 0 heterocycles. The molecule has 0 unspecified atom stereocenters. The van der Waals surface area contributed by atoms with E-state index in [0.717, 1.165) is 0 Å². The predicted octanol–water partition coefficient (Wildman–Crippen LogP) is 4.68. The summed E-state index contributed by atoms with van der Waals surface area (Å²) < 4.78 is 19.5. The van der Waals surface area contributed by atoms with Gasteiger partial charge in [0.05, 0.1) is 10.6 Å². The third kappa shape index (κ3) is 3.12. The molecule has 0 spiro atoms. The number of carbonyl (C=O) groups is 1. The van der Waals surface area contributed by atoms with Crippen molar-refractivity contribution in [2.45, 2.75) is 38.9 Å². The van der Waals surface area contributed by atoms with Gasteiger partial charge in [-0.1, -0.05) is 32.4 Å². The summed E-state index contributed by atoms with van der Waals surface area (Å²) in [6.45, 7) is 10.4. The minimum absolute atomic E-state index is 0.0132. The number of halogens is 2. The van der Waals surface area contributed by atoms with Gasteiger partial charge < -0.3 is 4.43 Å². The molecule has 0 atom stereocenters. The average molecular weight is 289 g/mol. The summed E-state index contributed by atoms with van der Waals surface area (Å²) in [5, 5.41) is 0.0953. The van der Waals surface area contributed by atoms with Crippen LogP contribution in [0.5, 0.6) is 5.75 Å². The second kappa shape index (κ2) is 5.01. The van der Waals surface area contributed by atoms with Gasteiger partial charge in [-0.05, 0) is 24.2 Å². The van der Waals surface area contributed by atoms with E-state index in [1.54, 1.807) is 0 Å². The number of rotatable bonds is 3. The van der Waals surface area contributed by atoms with Gasteiger partial charge in [-0.3, -0.25) is 4.79 Å². The lowest BCUT2D eigenvalue weighted by Gasteiger charge is -2.36. The zero-order valence-electron chi connectivity index (χ0n) is 11.3. The molecular formula is C13H18ClFO2Si. The Morgan fingerprint density at radius 3 is 2.28 bits per heavy atom. The van der Waals surface area contributed by atoms with Crippen LogP contribution in [0.15, 0.2) is 12.1 Å². The maximum Gasteiger partial charge on any atom is 0.250 e. The molecule has 1 aromatic rings. The molecule has 0 radical (unpaired) electrons. The Morgan fingerprint density at radius 1 is 1.33 bits per heavy atom. The van der Waals surface area contributed by atoms with E-state index >= 15 is 0 Å². The number of benzene rings is 1. The van der Waals surface area contributed by atoms with E-state index in [-0.39, 0.29) is 15.6 Å². The van der Waals surface area contributed by atoms with E-state index in [9.17, 15) is 9.18 Å². The maximum atomic E-state index is 13.6. The maximum absolute atomic E-state index is 13.6. The number of carbonyl (C=O) groups excluding carboxylic acids is 1. The van der Waals surface area contributed by atoms with Crippen LogP contribution in [-0.4, -0.2) is 14.6 Å². The molecule has 0 fully saturated rings. The van der Waals surface area contributed by atoms with E-state index in [0.29, 0.717) is 12.0 Å². The lowest BCUT2D eigenvalue weighted by Crippen LogP contribution is -2.43. The van der Waals surface area contributed by atoms with Crippen LogP contribution in [0.2, 0.25) is 23.2 Å². The monoisotopic (exact) mass is 288 g/mol. The lowest BCUT2D eigenvalue weighted by atomic mass is 10.2. The first-order chi connectivity index (χ1) is 8.08. The Balaban J connectivity index is 3.11.